The van der Waals surface area contributed by atoms with Crippen molar-refractivity contribution < 1.29 is 9.53 Å². The van der Waals surface area contributed by atoms with E-state index in [1.54, 1.807) is 12.2 Å². The molecule has 0 aromatic heterocycles. The number of carbonyl (C=O) groups is 1. The summed E-state index contributed by atoms with van der Waals surface area (Å²) in [4.78, 5) is 15.7. The first-order chi connectivity index (χ1) is 10.3. The highest BCUT2D eigenvalue weighted by Gasteiger charge is 2.22. The molecule has 0 saturated heterocycles. The number of nitrogens with zero attached hydrogens (tertiary/aromatic N) is 1. The monoisotopic (exact) mass is 275 g/mol. The molecule has 2 aromatic carbocycles. The number of amides is 1. The molecule has 0 fully saturated rings. The highest BCUT2D eigenvalue weighted by molar-refractivity contribution is 6.12. The molecule has 0 spiro atoms. The Morgan fingerprint density at radius 1 is 0.905 bits per heavy atom. The molecule has 0 unspecified atom stereocenters. The lowest BCUT2D eigenvalue weighted by molar-refractivity contribution is -0.115. The Morgan fingerprint density at radius 2 is 1.57 bits per heavy atom. The van der Waals surface area contributed by atoms with E-state index in [4.69, 9.17) is 4.74 Å². The number of carbonyl (C=O) groups excluding carboxylic acids is 1. The lowest BCUT2D eigenvalue weighted by Gasteiger charge is -2.00. The minimum Gasteiger partial charge on any atom is -0.432 e. The van der Waals surface area contributed by atoms with Crippen LogP contribution in [0.25, 0.3) is 6.08 Å². The third-order valence-corrected chi connectivity index (χ3v) is 2.98. The van der Waals surface area contributed by atoms with Crippen molar-refractivity contribution in [2.45, 2.75) is 0 Å². The Morgan fingerprint density at radius 3 is 2.29 bits per heavy atom. The molecule has 0 N–H and O–H groups in total. The topological polar surface area (TPSA) is 38.7 Å². The van der Waals surface area contributed by atoms with Crippen molar-refractivity contribution in [1.82, 2.24) is 0 Å². The maximum absolute atomic E-state index is 11.8. The number of benzene rings is 2. The van der Waals surface area contributed by atoms with E-state index in [2.05, 4.69) is 4.99 Å². The van der Waals surface area contributed by atoms with E-state index in [0.29, 0.717) is 5.90 Å². The molecule has 0 aliphatic carbocycles. The summed E-state index contributed by atoms with van der Waals surface area (Å²) in [6.45, 7) is 0. The van der Waals surface area contributed by atoms with Crippen LogP contribution in [0, 0.1) is 0 Å². The minimum atomic E-state index is -0.355. The van der Waals surface area contributed by atoms with E-state index < -0.39 is 0 Å². The number of aliphatic imine (C=N–C) groups is 1. The fraction of sp³-hybridized carbons (Fsp3) is 0. The fourth-order valence-electron chi connectivity index (χ4n) is 1.94. The molecule has 1 heterocycles. The van der Waals surface area contributed by atoms with Crippen LogP contribution < -0.4 is 0 Å². The van der Waals surface area contributed by atoms with Crippen LogP contribution in [0.2, 0.25) is 0 Å². The first-order valence-electron chi connectivity index (χ1n) is 6.62. The third-order valence-electron chi connectivity index (χ3n) is 2.98. The van der Waals surface area contributed by atoms with E-state index in [0.717, 1.165) is 11.1 Å². The fourth-order valence-corrected chi connectivity index (χ4v) is 1.94. The third kappa shape index (κ3) is 3.15. The van der Waals surface area contributed by atoms with E-state index >= 15 is 0 Å². The normalized spacial score (nSPS) is 16.3. The van der Waals surface area contributed by atoms with Gasteiger partial charge in [-0.1, -0.05) is 60.7 Å². The number of allylic oxidation sites excluding steroid dienone is 2. The molecule has 1 aliphatic rings. The minimum absolute atomic E-state index is 0.237. The average molecular weight is 275 g/mol. The van der Waals surface area contributed by atoms with E-state index in [1.807, 2.05) is 66.7 Å². The summed E-state index contributed by atoms with van der Waals surface area (Å²) in [7, 11) is 0. The number of rotatable bonds is 3. The summed E-state index contributed by atoms with van der Waals surface area (Å²) in [5.41, 5.74) is 1.85. The van der Waals surface area contributed by atoms with Crippen LogP contribution in [-0.4, -0.2) is 11.8 Å². The lowest BCUT2D eigenvalue weighted by atomic mass is 10.2. The first kappa shape index (κ1) is 13.1. The van der Waals surface area contributed by atoms with E-state index in [1.165, 1.54) is 0 Å². The van der Waals surface area contributed by atoms with Gasteiger partial charge in [0.15, 0.2) is 5.76 Å². The van der Waals surface area contributed by atoms with E-state index in [9.17, 15) is 4.79 Å². The van der Waals surface area contributed by atoms with Gasteiger partial charge in [-0.15, -0.1) is 0 Å². The summed E-state index contributed by atoms with van der Waals surface area (Å²) >= 11 is 0. The zero-order valence-corrected chi connectivity index (χ0v) is 11.3. The van der Waals surface area contributed by atoms with Gasteiger partial charge in [-0.2, -0.15) is 4.99 Å². The Labute approximate surface area is 122 Å². The second kappa shape index (κ2) is 6.01. The Hall–Kier alpha value is -2.94. The van der Waals surface area contributed by atoms with Crippen LogP contribution in [0.15, 0.2) is 83.6 Å². The molecular weight excluding hydrogens is 262 g/mol. The van der Waals surface area contributed by atoms with E-state index in [-0.39, 0.29) is 11.7 Å². The molecule has 21 heavy (non-hydrogen) atoms. The summed E-state index contributed by atoms with van der Waals surface area (Å²) in [5, 5.41) is 0. The van der Waals surface area contributed by atoms with Crippen LogP contribution >= 0.6 is 0 Å². The molecule has 1 amide bonds. The van der Waals surface area contributed by atoms with Gasteiger partial charge in [0.1, 0.15) is 0 Å². The summed E-state index contributed by atoms with van der Waals surface area (Å²) < 4.78 is 5.51. The largest absolute Gasteiger partial charge is 0.432 e. The molecule has 1 aliphatic heterocycles. The Bertz CT molecular complexity index is 728. The molecule has 102 valence electrons. The van der Waals surface area contributed by atoms with Crippen LogP contribution in [-0.2, 0) is 9.53 Å². The summed E-state index contributed by atoms with van der Waals surface area (Å²) in [6.07, 6.45) is 5.32. The van der Waals surface area contributed by atoms with Crippen molar-refractivity contribution >= 4 is 17.9 Å². The summed E-state index contributed by atoms with van der Waals surface area (Å²) in [5.74, 6) is 0.229. The lowest BCUT2D eigenvalue weighted by Crippen LogP contribution is -1.99. The van der Waals surface area contributed by atoms with Crippen molar-refractivity contribution in [3.63, 3.8) is 0 Å². The van der Waals surface area contributed by atoms with Crippen molar-refractivity contribution in [2.75, 3.05) is 0 Å². The number of hydrogen-bond donors (Lipinski definition) is 0. The molecule has 3 heteroatoms. The molecule has 0 radical (unpaired) electrons. The predicted octanol–water partition coefficient (Wildman–Crippen LogP) is 3.59. The van der Waals surface area contributed by atoms with Crippen molar-refractivity contribution in [3.8, 4) is 0 Å². The van der Waals surface area contributed by atoms with Gasteiger partial charge < -0.3 is 4.74 Å². The van der Waals surface area contributed by atoms with Crippen LogP contribution in [0.3, 0.4) is 0 Å². The zero-order valence-electron chi connectivity index (χ0n) is 11.3. The van der Waals surface area contributed by atoms with Gasteiger partial charge in [0.25, 0.3) is 0 Å². The second-order valence-electron chi connectivity index (χ2n) is 4.49. The Kier molecular flexibility index (Phi) is 3.74. The van der Waals surface area contributed by atoms with Gasteiger partial charge in [0.2, 0.25) is 5.90 Å². The first-order valence-corrected chi connectivity index (χ1v) is 6.62. The Balaban J connectivity index is 1.73. The molecule has 0 bridgehead atoms. The maximum Gasteiger partial charge on any atom is 0.316 e. The SMILES string of the molecule is O=C1N=C(c2ccccc2)O/C1=C\C=C\c1ccccc1. The van der Waals surface area contributed by atoms with Crippen molar-refractivity contribution in [1.29, 1.82) is 0 Å². The van der Waals surface area contributed by atoms with Gasteiger partial charge in [0.05, 0.1) is 0 Å². The highest BCUT2D eigenvalue weighted by atomic mass is 16.5. The van der Waals surface area contributed by atoms with Crippen LogP contribution in [0.4, 0.5) is 0 Å². The van der Waals surface area contributed by atoms with Gasteiger partial charge in [-0.05, 0) is 23.8 Å². The van der Waals surface area contributed by atoms with Crippen LogP contribution in [0.1, 0.15) is 11.1 Å². The quantitative estimate of drug-likeness (QED) is 0.803. The second-order valence-corrected chi connectivity index (χ2v) is 4.49. The molecule has 2 aromatic rings. The van der Waals surface area contributed by atoms with Gasteiger partial charge in [-0.3, -0.25) is 4.79 Å². The molecule has 0 saturated carbocycles. The number of ether oxygens (including phenoxy) is 1. The molecule has 3 rings (SSSR count). The highest BCUT2D eigenvalue weighted by Crippen LogP contribution is 2.16. The standard InChI is InChI=1S/C18H13NO2/c20-17-16(13-7-10-14-8-3-1-4-9-14)21-18(19-17)15-11-5-2-6-12-15/h1-13H/b10-7+,16-13-. The van der Waals surface area contributed by atoms with Gasteiger partial charge >= 0.3 is 5.91 Å². The molecule has 0 atom stereocenters. The van der Waals surface area contributed by atoms with Gasteiger partial charge in [-0.25, -0.2) is 0 Å². The maximum atomic E-state index is 11.8. The zero-order chi connectivity index (χ0) is 14.5. The van der Waals surface area contributed by atoms with Crippen LogP contribution in [0.5, 0.6) is 0 Å². The summed E-state index contributed by atoms with van der Waals surface area (Å²) in [6, 6.07) is 19.2. The number of hydrogen-bond acceptors (Lipinski definition) is 2. The van der Waals surface area contributed by atoms with Gasteiger partial charge in [0, 0.05) is 5.56 Å². The van der Waals surface area contributed by atoms with Crippen molar-refractivity contribution in [2.24, 2.45) is 4.99 Å². The van der Waals surface area contributed by atoms with Crippen molar-refractivity contribution in [3.05, 3.63) is 89.7 Å². The molecular formula is C18H13NO2. The smallest absolute Gasteiger partial charge is 0.316 e. The molecule has 3 nitrogen and oxygen atoms in total. The predicted molar refractivity (Wildman–Crippen MR) is 82.6 cm³/mol. The average Bonchev–Trinajstić information content (AvgIpc) is 2.91.